The zero-order valence-corrected chi connectivity index (χ0v) is 14.9. The van der Waals surface area contributed by atoms with Crippen molar-refractivity contribution in [2.45, 2.75) is 53.0 Å². The third kappa shape index (κ3) is 4.02. The van der Waals surface area contributed by atoms with Gasteiger partial charge in [-0.2, -0.15) is 0 Å². The molecule has 2 heterocycles. The first-order valence-electron chi connectivity index (χ1n) is 8.87. The van der Waals surface area contributed by atoms with Crippen molar-refractivity contribution in [3.05, 3.63) is 29.3 Å². The van der Waals surface area contributed by atoms with Gasteiger partial charge in [-0.25, -0.2) is 0 Å². The van der Waals surface area contributed by atoms with E-state index < -0.39 is 29.7 Å². The fourth-order valence-electron chi connectivity index (χ4n) is 3.28. The van der Waals surface area contributed by atoms with E-state index in [1.165, 1.54) is 0 Å². The van der Waals surface area contributed by atoms with Crippen LogP contribution in [0.3, 0.4) is 0 Å². The number of amides is 4. The number of carbonyl (C=O) groups is 4. The highest BCUT2D eigenvalue weighted by atomic mass is 16.5. The van der Waals surface area contributed by atoms with Crippen molar-refractivity contribution < 1.29 is 23.9 Å². The molecular formula is C20H26N2O5. The van der Waals surface area contributed by atoms with Gasteiger partial charge < -0.3 is 4.74 Å². The Morgan fingerprint density at radius 2 is 1.93 bits per heavy atom. The fourth-order valence-corrected chi connectivity index (χ4v) is 3.28. The van der Waals surface area contributed by atoms with Crippen LogP contribution in [0.5, 0.6) is 5.75 Å². The van der Waals surface area contributed by atoms with Gasteiger partial charge in [0, 0.05) is 6.42 Å². The fraction of sp³-hybridized carbons (Fsp3) is 0.500. The van der Waals surface area contributed by atoms with Gasteiger partial charge in [0.05, 0.1) is 17.7 Å². The van der Waals surface area contributed by atoms with Crippen molar-refractivity contribution in [1.29, 1.82) is 0 Å². The summed E-state index contributed by atoms with van der Waals surface area (Å²) in [6, 6.07) is 3.92. The van der Waals surface area contributed by atoms with Crippen molar-refractivity contribution in [2.24, 2.45) is 5.92 Å². The van der Waals surface area contributed by atoms with Crippen molar-refractivity contribution in [3.63, 3.8) is 0 Å². The zero-order valence-electron chi connectivity index (χ0n) is 14.9. The Balaban J connectivity index is 0.00000261. The lowest BCUT2D eigenvalue weighted by atomic mass is 10.0. The van der Waals surface area contributed by atoms with Gasteiger partial charge in [0.2, 0.25) is 11.8 Å². The second-order valence-electron chi connectivity index (χ2n) is 7.01. The molecule has 1 aromatic rings. The smallest absolute Gasteiger partial charge is 0.266 e. The summed E-state index contributed by atoms with van der Waals surface area (Å²) in [6.07, 6.45) is 2.09. The third-order valence-corrected chi connectivity index (χ3v) is 4.61. The van der Waals surface area contributed by atoms with Crippen LogP contribution in [0.2, 0.25) is 0 Å². The first-order valence-corrected chi connectivity index (χ1v) is 8.87. The summed E-state index contributed by atoms with van der Waals surface area (Å²) < 4.78 is 5.74. The molecule has 0 spiro atoms. The minimum atomic E-state index is -0.964. The molecule has 2 aliphatic rings. The highest BCUT2D eigenvalue weighted by molar-refractivity contribution is 6.24. The summed E-state index contributed by atoms with van der Waals surface area (Å²) in [4.78, 5) is 49.9. The molecule has 0 radical (unpaired) electrons. The van der Waals surface area contributed by atoms with Crippen LogP contribution < -0.4 is 10.1 Å². The Hall–Kier alpha value is -2.70. The number of imide groups is 2. The van der Waals surface area contributed by atoms with Crippen LogP contribution in [0, 0.1) is 5.92 Å². The molecule has 1 aromatic carbocycles. The van der Waals surface area contributed by atoms with E-state index in [1.807, 2.05) is 0 Å². The van der Waals surface area contributed by atoms with Crippen molar-refractivity contribution in [1.82, 2.24) is 10.2 Å². The first kappa shape index (κ1) is 20.6. The van der Waals surface area contributed by atoms with Crippen LogP contribution in [0.1, 0.15) is 67.7 Å². The predicted molar refractivity (Wildman–Crippen MR) is 99.4 cm³/mol. The number of ether oxygens (including phenoxy) is 1. The molecule has 0 aromatic heterocycles. The molecule has 0 saturated carbocycles. The Morgan fingerprint density at radius 3 is 2.59 bits per heavy atom. The maximum Gasteiger partial charge on any atom is 0.266 e. The van der Waals surface area contributed by atoms with Gasteiger partial charge in [0.1, 0.15) is 11.8 Å². The minimum absolute atomic E-state index is 0. The summed E-state index contributed by atoms with van der Waals surface area (Å²) in [7, 11) is 0. The van der Waals surface area contributed by atoms with E-state index in [-0.39, 0.29) is 31.4 Å². The monoisotopic (exact) mass is 374 g/mol. The summed E-state index contributed by atoms with van der Waals surface area (Å²) in [5.74, 6) is -1.15. The molecule has 7 nitrogen and oxygen atoms in total. The lowest BCUT2D eigenvalue weighted by Crippen LogP contribution is -2.54. The normalized spacial score (nSPS) is 19.1. The van der Waals surface area contributed by atoms with Gasteiger partial charge in [-0.1, -0.05) is 27.3 Å². The van der Waals surface area contributed by atoms with Gasteiger partial charge in [0.15, 0.2) is 0 Å². The summed E-state index contributed by atoms with van der Waals surface area (Å²) in [6.45, 7) is 4.70. The highest BCUT2D eigenvalue weighted by Crippen LogP contribution is 2.33. The van der Waals surface area contributed by atoms with Crippen LogP contribution in [0.4, 0.5) is 0 Å². The van der Waals surface area contributed by atoms with E-state index in [1.54, 1.807) is 18.2 Å². The second kappa shape index (κ2) is 8.33. The number of nitrogens with zero attached hydrogens (tertiary/aromatic N) is 1. The molecule has 7 heteroatoms. The quantitative estimate of drug-likeness (QED) is 0.610. The summed E-state index contributed by atoms with van der Waals surface area (Å²) in [5, 5.41) is 2.19. The van der Waals surface area contributed by atoms with Crippen LogP contribution in [0.25, 0.3) is 0 Å². The molecule has 1 atom stereocenters. The molecule has 0 aliphatic carbocycles. The largest absolute Gasteiger partial charge is 0.493 e. The second-order valence-corrected chi connectivity index (χ2v) is 7.01. The van der Waals surface area contributed by atoms with Gasteiger partial charge in [-0.15, -0.1) is 0 Å². The average Bonchev–Trinajstić information content (AvgIpc) is 2.84. The number of hydrogen-bond donors (Lipinski definition) is 1. The summed E-state index contributed by atoms with van der Waals surface area (Å²) >= 11 is 0. The number of nitrogens with one attached hydrogen (secondary N) is 1. The van der Waals surface area contributed by atoms with E-state index >= 15 is 0 Å². The Kier molecular flexibility index (Phi) is 6.36. The lowest BCUT2D eigenvalue weighted by molar-refractivity contribution is -0.136. The predicted octanol–water partition coefficient (Wildman–Crippen LogP) is 2.54. The van der Waals surface area contributed by atoms with Gasteiger partial charge in [0.25, 0.3) is 11.8 Å². The van der Waals surface area contributed by atoms with E-state index in [2.05, 4.69) is 19.2 Å². The van der Waals surface area contributed by atoms with Crippen LogP contribution in [-0.4, -0.2) is 41.2 Å². The molecule has 146 valence electrons. The number of rotatable bonds is 6. The van der Waals surface area contributed by atoms with Crippen LogP contribution in [-0.2, 0) is 9.59 Å². The summed E-state index contributed by atoms with van der Waals surface area (Å²) in [5.41, 5.74) is 0.438. The number of fused-ring (bicyclic) bond motifs is 1. The van der Waals surface area contributed by atoms with Crippen LogP contribution >= 0.6 is 0 Å². The first-order chi connectivity index (χ1) is 12.4. The molecule has 0 bridgehead atoms. The van der Waals surface area contributed by atoms with E-state index in [0.29, 0.717) is 18.3 Å². The number of benzene rings is 1. The highest BCUT2D eigenvalue weighted by Gasteiger charge is 2.45. The maximum absolute atomic E-state index is 12.9. The van der Waals surface area contributed by atoms with Gasteiger partial charge in [-0.3, -0.25) is 29.4 Å². The van der Waals surface area contributed by atoms with Crippen molar-refractivity contribution >= 4 is 23.6 Å². The topological polar surface area (TPSA) is 92.8 Å². The molecule has 1 unspecified atom stereocenters. The number of carbonyl (C=O) groups excluding carboxylic acids is 4. The van der Waals surface area contributed by atoms with Crippen molar-refractivity contribution in [2.75, 3.05) is 6.61 Å². The van der Waals surface area contributed by atoms with E-state index in [0.717, 1.165) is 17.7 Å². The minimum Gasteiger partial charge on any atom is -0.493 e. The van der Waals surface area contributed by atoms with E-state index in [9.17, 15) is 19.2 Å². The van der Waals surface area contributed by atoms with E-state index in [4.69, 9.17) is 4.74 Å². The molecular weight excluding hydrogens is 348 g/mol. The molecule has 27 heavy (non-hydrogen) atoms. The van der Waals surface area contributed by atoms with Gasteiger partial charge >= 0.3 is 0 Å². The zero-order chi connectivity index (χ0) is 18.8. The van der Waals surface area contributed by atoms with Crippen LogP contribution in [0.15, 0.2) is 18.2 Å². The Labute approximate surface area is 159 Å². The Morgan fingerprint density at radius 1 is 1.19 bits per heavy atom. The average molecular weight is 374 g/mol. The molecule has 1 fully saturated rings. The molecule has 2 aliphatic heterocycles. The molecule has 1 N–H and O–H groups in total. The molecule has 1 saturated heterocycles. The number of hydrogen-bond acceptors (Lipinski definition) is 5. The SMILES string of the molecule is C.CC(C)CCCOc1cccc2c1C(=O)N(C1CCC(=O)NC1=O)C2=O. The molecule has 3 rings (SSSR count). The molecule has 4 amide bonds. The van der Waals surface area contributed by atoms with Gasteiger partial charge in [-0.05, 0) is 37.3 Å². The third-order valence-electron chi connectivity index (χ3n) is 4.61. The maximum atomic E-state index is 12.9. The number of piperidine rings is 1. The Bertz CT molecular complexity index is 772. The van der Waals surface area contributed by atoms with Crippen molar-refractivity contribution in [3.8, 4) is 5.75 Å². The lowest BCUT2D eigenvalue weighted by Gasteiger charge is -2.27. The standard InChI is InChI=1S/C19H22N2O5.CH4/c1-11(2)5-4-10-26-14-7-3-6-12-16(14)19(25)21(18(12)24)13-8-9-15(22)20-17(13)23;/h3,6-7,11,13H,4-5,8-10H2,1-2H3,(H,20,22,23);1H4.